The zero-order valence-corrected chi connectivity index (χ0v) is 8.27. The molecule has 0 saturated heterocycles. The molecule has 14 heavy (non-hydrogen) atoms. The number of rotatable bonds is 1. The van der Waals surface area contributed by atoms with Gasteiger partial charge in [-0.3, -0.25) is 0 Å². The summed E-state index contributed by atoms with van der Waals surface area (Å²) in [5, 5.41) is 9.59. The van der Waals surface area contributed by atoms with Gasteiger partial charge in [0.25, 0.3) is 0 Å². The Balaban J connectivity index is 2.38. The predicted octanol–water partition coefficient (Wildman–Crippen LogP) is 1.33. The third kappa shape index (κ3) is 1.47. The van der Waals surface area contributed by atoms with E-state index in [4.69, 9.17) is 5.73 Å². The molecule has 1 aromatic carbocycles. The number of benzene rings is 1. The van der Waals surface area contributed by atoms with E-state index < -0.39 is 11.6 Å². The minimum absolute atomic E-state index is 0.521. The van der Waals surface area contributed by atoms with Gasteiger partial charge in [0, 0.05) is 0 Å². The first-order valence-electron chi connectivity index (χ1n) is 4.86. The molecule has 74 valence electrons. The fourth-order valence-electron chi connectivity index (χ4n) is 1.78. The maximum atomic E-state index is 9.59. The molecule has 1 aromatic rings. The van der Waals surface area contributed by atoms with Crippen molar-refractivity contribution >= 4 is 6.08 Å². The molecule has 0 spiro atoms. The topological polar surface area (TPSA) is 46.2 Å². The van der Waals surface area contributed by atoms with Crippen LogP contribution in [0.15, 0.2) is 30.3 Å². The average Bonchev–Trinajstić information content (AvgIpc) is 2.17. The number of aliphatic hydroxyl groups is 1. The van der Waals surface area contributed by atoms with Crippen LogP contribution in [-0.4, -0.2) is 16.7 Å². The lowest BCUT2D eigenvalue weighted by atomic mass is 9.81. The van der Waals surface area contributed by atoms with Crippen LogP contribution in [0.1, 0.15) is 18.1 Å². The second-order valence-corrected chi connectivity index (χ2v) is 4.00. The van der Waals surface area contributed by atoms with Gasteiger partial charge in [-0.1, -0.05) is 36.4 Å². The van der Waals surface area contributed by atoms with Gasteiger partial charge in [-0.2, -0.15) is 0 Å². The molecular weight excluding hydrogens is 174 g/mol. The van der Waals surface area contributed by atoms with Crippen molar-refractivity contribution in [3.63, 3.8) is 0 Å². The van der Waals surface area contributed by atoms with E-state index in [0.717, 1.165) is 0 Å². The second kappa shape index (κ2) is 3.23. The molecular formula is C12H15NO. The summed E-state index contributed by atoms with van der Waals surface area (Å²) in [7, 11) is 0. The van der Waals surface area contributed by atoms with Crippen molar-refractivity contribution in [2.24, 2.45) is 5.73 Å². The minimum atomic E-state index is -0.603. The fourth-order valence-corrected chi connectivity index (χ4v) is 1.78. The summed E-state index contributed by atoms with van der Waals surface area (Å²) in [6, 6.07) is 8.13. The lowest BCUT2D eigenvalue weighted by Crippen LogP contribution is -2.50. The van der Waals surface area contributed by atoms with Crippen molar-refractivity contribution < 1.29 is 5.11 Å². The van der Waals surface area contributed by atoms with Gasteiger partial charge in [-0.05, 0) is 24.5 Å². The first-order chi connectivity index (χ1) is 6.62. The summed E-state index contributed by atoms with van der Waals surface area (Å²) < 4.78 is 0. The quantitative estimate of drug-likeness (QED) is 0.700. The molecule has 2 atom stereocenters. The highest BCUT2D eigenvalue weighted by atomic mass is 16.3. The Labute approximate surface area is 84.1 Å². The predicted molar refractivity (Wildman–Crippen MR) is 57.8 cm³/mol. The number of hydrogen-bond acceptors (Lipinski definition) is 2. The maximum Gasteiger partial charge on any atom is 0.0730 e. The van der Waals surface area contributed by atoms with Gasteiger partial charge < -0.3 is 10.8 Å². The van der Waals surface area contributed by atoms with Gasteiger partial charge in [-0.15, -0.1) is 0 Å². The van der Waals surface area contributed by atoms with Crippen LogP contribution in [-0.2, 0) is 6.42 Å². The summed E-state index contributed by atoms with van der Waals surface area (Å²) in [6.07, 6.45) is 4.08. The molecule has 2 nitrogen and oxygen atoms in total. The molecule has 0 bridgehead atoms. The Morgan fingerprint density at radius 3 is 2.86 bits per heavy atom. The molecule has 0 heterocycles. The largest absolute Gasteiger partial charge is 0.391 e. The van der Waals surface area contributed by atoms with Crippen LogP contribution < -0.4 is 5.73 Å². The molecule has 1 aliphatic carbocycles. The standard InChI is InChI=1S/C12H15NO/c1-9(14)12(13)7-6-10-4-2-3-5-11(10)8-12/h2-7,9,14H,8,13H2,1H3/t9-,12?/m1/s1. The first-order valence-corrected chi connectivity index (χ1v) is 4.86. The van der Waals surface area contributed by atoms with Crippen molar-refractivity contribution in [1.82, 2.24) is 0 Å². The van der Waals surface area contributed by atoms with E-state index in [-0.39, 0.29) is 0 Å². The van der Waals surface area contributed by atoms with E-state index in [9.17, 15) is 5.11 Å². The number of fused-ring (bicyclic) bond motifs is 1. The second-order valence-electron chi connectivity index (χ2n) is 4.00. The van der Waals surface area contributed by atoms with Gasteiger partial charge in [0.2, 0.25) is 0 Å². The summed E-state index contributed by atoms with van der Waals surface area (Å²) in [4.78, 5) is 0. The Bertz CT molecular complexity index is 370. The molecule has 0 saturated carbocycles. The summed E-state index contributed by atoms with van der Waals surface area (Å²) in [5.41, 5.74) is 7.89. The van der Waals surface area contributed by atoms with Gasteiger partial charge in [-0.25, -0.2) is 0 Å². The van der Waals surface area contributed by atoms with Crippen LogP contribution in [0.25, 0.3) is 6.08 Å². The van der Waals surface area contributed by atoms with Crippen molar-refractivity contribution in [2.45, 2.75) is 25.0 Å². The van der Waals surface area contributed by atoms with E-state index >= 15 is 0 Å². The van der Waals surface area contributed by atoms with E-state index in [1.54, 1.807) is 6.92 Å². The van der Waals surface area contributed by atoms with Crippen LogP contribution >= 0.6 is 0 Å². The smallest absolute Gasteiger partial charge is 0.0730 e. The van der Waals surface area contributed by atoms with Crippen LogP contribution in [0.5, 0.6) is 0 Å². The maximum absolute atomic E-state index is 9.59. The van der Waals surface area contributed by atoms with Crippen LogP contribution in [0.4, 0.5) is 0 Å². The third-order valence-electron chi connectivity index (χ3n) is 2.90. The Kier molecular flexibility index (Phi) is 2.17. The molecule has 2 heteroatoms. The van der Waals surface area contributed by atoms with Crippen molar-refractivity contribution in [2.75, 3.05) is 0 Å². The molecule has 3 N–H and O–H groups in total. The molecule has 0 radical (unpaired) electrons. The van der Waals surface area contributed by atoms with E-state index in [1.165, 1.54) is 11.1 Å². The Hall–Kier alpha value is -1.12. The van der Waals surface area contributed by atoms with Crippen LogP contribution in [0, 0.1) is 0 Å². The number of nitrogens with two attached hydrogens (primary N) is 1. The normalized spacial score (nSPS) is 27.1. The molecule has 0 amide bonds. The lowest BCUT2D eigenvalue weighted by molar-refractivity contribution is 0.127. The van der Waals surface area contributed by atoms with E-state index in [0.29, 0.717) is 6.42 Å². The van der Waals surface area contributed by atoms with Gasteiger partial charge >= 0.3 is 0 Å². The summed E-state index contributed by atoms with van der Waals surface area (Å²) >= 11 is 0. The van der Waals surface area contributed by atoms with Gasteiger partial charge in [0.05, 0.1) is 11.6 Å². The Morgan fingerprint density at radius 1 is 1.43 bits per heavy atom. The molecule has 2 rings (SSSR count). The first kappa shape index (κ1) is 9.44. The highest BCUT2D eigenvalue weighted by molar-refractivity contribution is 5.59. The number of aliphatic hydroxyl groups excluding tert-OH is 1. The zero-order valence-electron chi connectivity index (χ0n) is 8.27. The molecule has 1 aliphatic rings. The van der Waals surface area contributed by atoms with Crippen LogP contribution in [0.2, 0.25) is 0 Å². The monoisotopic (exact) mass is 189 g/mol. The Morgan fingerprint density at radius 2 is 2.14 bits per heavy atom. The zero-order chi connectivity index (χ0) is 10.2. The van der Waals surface area contributed by atoms with E-state index in [1.807, 2.05) is 24.3 Å². The molecule has 0 fully saturated rings. The highest BCUT2D eigenvalue weighted by Gasteiger charge is 2.30. The number of hydrogen-bond donors (Lipinski definition) is 2. The average molecular weight is 189 g/mol. The van der Waals surface area contributed by atoms with Crippen molar-refractivity contribution in [1.29, 1.82) is 0 Å². The van der Waals surface area contributed by atoms with Crippen molar-refractivity contribution in [3.8, 4) is 0 Å². The van der Waals surface area contributed by atoms with Gasteiger partial charge in [0.1, 0.15) is 0 Å². The minimum Gasteiger partial charge on any atom is -0.391 e. The summed E-state index contributed by atoms with van der Waals surface area (Å²) in [5.74, 6) is 0. The SMILES string of the molecule is C[C@@H](O)C1(N)C=Cc2ccccc2C1. The molecule has 0 aromatic heterocycles. The van der Waals surface area contributed by atoms with Gasteiger partial charge in [0.15, 0.2) is 0 Å². The molecule has 0 aliphatic heterocycles. The lowest BCUT2D eigenvalue weighted by Gasteiger charge is -2.32. The van der Waals surface area contributed by atoms with E-state index in [2.05, 4.69) is 12.1 Å². The van der Waals surface area contributed by atoms with Crippen molar-refractivity contribution in [3.05, 3.63) is 41.5 Å². The van der Waals surface area contributed by atoms with Crippen LogP contribution in [0.3, 0.4) is 0 Å². The molecule has 1 unspecified atom stereocenters. The summed E-state index contributed by atoms with van der Waals surface area (Å²) in [6.45, 7) is 1.73. The highest BCUT2D eigenvalue weighted by Crippen LogP contribution is 2.26. The fraction of sp³-hybridized carbons (Fsp3) is 0.333. The third-order valence-corrected chi connectivity index (χ3v) is 2.90.